The second kappa shape index (κ2) is 7.54. The Balaban J connectivity index is 1.71. The Hall–Kier alpha value is -3.12. The average molecular weight is 440 g/mol. The van der Waals surface area contributed by atoms with E-state index in [1.807, 2.05) is 0 Å². The van der Waals surface area contributed by atoms with Crippen molar-refractivity contribution >= 4 is 32.2 Å². The van der Waals surface area contributed by atoms with Crippen LogP contribution < -0.4 is 10.9 Å². The van der Waals surface area contributed by atoms with Crippen LogP contribution in [0.15, 0.2) is 46.2 Å². The number of H-pyrrole nitrogens is 1. The van der Waals surface area contributed by atoms with Crippen molar-refractivity contribution in [1.82, 2.24) is 14.8 Å². The van der Waals surface area contributed by atoms with Crippen LogP contribution in [0, 0.1) is 17.2 Å². The molecule has 2 aromatic heterocycles. The third-order valence-corrected chi connectivity index (χ3v) is 8.07. The predicted molar refractivity (Wildman–Crippen MR) is 119 cm³/mol. The molecule has 0 spiro atoms. The molecular weight excluding hydrogens is 414 g/mol. The van der Waals surface area contributed by atoms with E-state index in [9.17, 15) is 18.5 Å². The second-order valence-electron chi connectivity index (χ2n) is 8.95. The quantitative estimate of drug-likeness (QED) is 0.601. The first kappa shape index (κ1) is 21.1. The third kappa shape index (κ3) is 3.95. The van der Waals surface area contributed by atoms with Crippen LogP contribution >= 0.6 is 0 Å². The monoisotopic (exact) mass is 439 g/mol. The number of nitrogens with zero attached hydrogens (tertiary/aromatic N) is 3. The van der Waals surface area contributed by atoms with Crippen molar-refractivity contribution in [2.45, 2.75) is 55.7 Å². The number of pyridine rings is 1. The lowest BCUT2D eigenvalue weighted by Crippen LogP contribution is -2.27. The van der Waals surface area contributed by atoms with Crippen molar-refractivity contribution in [3.8, 4) is 6.07 Å². The maximum absolute atomic E-state index is 12.6. The lowest BCUT2D eigenvalue weighted by molar-refractivity contribution is 0.501. The molecule has 0 bridgehead atoms. The highest BCUT2D eigenvalue weighted by atomic mass is 32.2. The number of benzene rings is 1. The van der Waals surface area contributed by atoms with Gasteiger partial charge in [0.2, 0.25) is 0 Å². The van der Waals surface area contributed by atoms with E-state index >= 15 is 0 Å². The Morgan fingerprint density at radius 3 is 2.52 bits per heavy atom. The lowest BCUT2D eigenvalue weighted by atomic mass is 10.1. The van der Waals surface area contributed by atoms with Crippen molar-refractivity contribution < 1.29 is 8.42 Å². The molecule has 1 aliphatic rings. The number of sulfone groups is 1. The molecule has 1 saturated carbocycles. The number of rotatable bonds is 6. The molecule has 0 radical (unpaired) electrons. The van der Waals surface area contributed by atoms with E-state index < -0.39 is 20.6 Å². The van der Waals surface area contributed by atoms with Crippen molar-refractivity contribution in [1.29, 1.82) is 5.26 Å². The number of nitriles is 1. The summed E-state index contributed by atoms with van der Waals surface area (Å²) in [6, 6.07) is 9.97. The Labute approximate surface area is 180 Å². The average Bonchev–Trinajstić information content (AvgIpc) is 3.46. The topological polar surface area (TPSA) is 121 Å². The molecule has 31 heavy (non-hydrogen) atoms. The van der Waals surface area contributed by atoms with Gasteiger partial charge in [0.1, 0.15) is 11.4 Å². The highest BCUT2D eigenvalue weighted by Crippen LogP contribution is 2.38. The molecule has 0 amide bonds. The first-order chi connectivity index (χ1) is 14.6. The van der Waals surface area contributed by atoms with Gasteiger partial charge in [0.25, 0.3) is 5.56 Å². The first-order valence-electron chi connectivity index (χ1n) is 10.2. The minimum absolute atomic E-state index is 0.229. The summed E-state index contributed by atoms with van der Waals surface area (Å²) in [5, 5.41) is 17.7. The molecule has 2 N–H and O–H groups in total. The van der Waals surface area contributed by atoms with Gasteiger partial charge >= 0.3 is 0 Å². The minimum Gasteiger partial charge on any atom is -0.338 e. The van der Waals surface area contributed by atoms with Crippen LogP contribution in [-0.4, -0.2) is 27.9 Å². The Kier molecular flexibility index (Phi) is 5.13. The number of anilines is 2. The molecule has 1 atom stereocenters. The van der Waals surface area contributed by atoms with E-state index in [0.717, 1.165) is 12.8 Å². The largest absolute Gasteiger partial charge is 0.338 e. The van der Waals surface area contributed by atoms with Crippen molar-refractivity contribution in [2.75, 3.05) is 5.32 Å². The predicted octanol–water partition coefficient (Wildman–Crippen LogP) is 3.91. The van der Waals surface area contributed by atoms with Crippen LogP contribution in [0.25, 0.3) is 10.9 Å². The molecule has 1 unspecified atom stereocenters. The lowest BCUT2D eigenvalue weighted by Gasteiger charge is -2.19. The Morgan fingerprint density at radius 1 is 1.26 bits per heavy atom. The minimum atomic E-state index is -3.46. The van der Waals surface area contributed by atoms with Gasteiger partial charge < -0.3 is 10.3 Å². The van der Waals surface area contributed by atoms with Crippen molar-refractivity contribution in [3.63, 3.8) is 0 Å². The van der Waals surface area contributed by atoms with Crippen LogP contribution in [0.3, 0.4) is 0 Å². The van der Waals surface area contributed by atoms with E-state index in [-0.39, 0.29) is 10.5 Å². The molecule has 162 valence electrons. The highest BCUT2D eigenvalue weighted by Gasteiger charge is 2.31. The van der Waals surface area contributed by atoms with Crippen LogP contribution in [-0.2, 0) is 9.84 Å². The second-order valence-corrected chi connectivity index (χ2v) is 11.7. The van der Waals surface area contributed by atoms with Crippen LogP contribution in [0.2, 0.25) is 0 Å². The zero-order chi connectivity index (χ0) is 22.4. The fraction of sp³-hybridized carbons (Fsp3) is 0.409. The summed E-state index contributed by atoms with van der Waals surface area (Å²) in [5.41, 5.74) is 0.880. The van der Waals surface area contributed by atoms with E-state index in [4.69, 9.17) is 0 Å². The van der Waals surface area contributed by atoms with Crippen LogP contribution in [0.4, 0.5) is 11.5 Å². The molecular formula is C22H25N5O3S. The summed E-state index contributed by atoms with van der Waals surface area (Å²) in [6.45, 7) is 4.98. The highest BCUT2D eigenvalue weighted by molar-refractivity contribution is 7.92. The number of aromatic amines is 1. The standard InChI is InChI=1S/C22H25N5O3S/c1-22(2,3)31(29,30)17-8-6-15(7-9-17)25-20-19-18(10-11-24-21(19)28)27(26-20)16(13-23)12-14-4-5-14/h6-11,14,16H,4-5,12H2,1-3H3,(H,24,28)(H,25,26). The number of fused-ring (bicyclic) bond motifs is 1. The fourth-order valence-corrected chi connectivity index (χ4v) is 4.71. The van der Waals surface area contributed by atoms with E-state index in [2.05, 4.69) is 21.5 Å². The molecule has 3 aromatic rings. The summed E-state index contributed by atoms with van der Waals surface area (Å²) < 4.78 is 26.0. The molecule has 0 saturated heterocycles. The molecule has 1 aliphatic carbocycles. The normalized spacial score (nSPS) is 15.5. The molecule has 2 heterocycles. The molecule has 1 fully saturated rings. The Bertz CT molecular complexity index is 1320. The van der Waals surface area contributed by atoms with Crippen LogP contribution in [0.5, 0.6) is 0 Å². The summed E-state index contributed by atoms with van der Waals surface area (Å²) >= 11 is 0. The van der Waals surface area contributed by atoms with Gasteiger partial charge in [-0.25, -0.2) is 13.1 Å². The maximum Gasteiger partial charge on any atom is 0.261 e. The van der Waals surface area contributed by atoms with Gasteiger partial charge in [-0.05, 0) is 63.4 Å². The van der Waals surface area contributed by atoms with E-state index in [1.165, 1.54) is 12.1 Å². The molecule has 4 rings (SSSR count). The fourth-order valence-electron chi connectivity index (χ4n) is 3.51. The van der Waals surface area contributed by atoms with E-state index in [0.29, 0.717) is 34.7 Å². The van der Waals surface area contributed by atoms with Gasteiger partial charge in [0.15, 0.2) is 15.7 Å². The van der Waals surface area contributed by atoms with Gasteiger partial charge in [-0.1, -0.05) is 12.8 Å². The maximum atomic E-state index is 12.6. The summed E-state index contributed by atoms with van der Waals surface area (Å²) in [5.74, 6) is 0.860. The number of aromatic nitrogens is 3. The zero-order valence-corrected chi connectivity index (χ0v) is 18.5. The van der Waals surface area contributed by atoms with Gasteiger partial charge in [0.05, 0.1) is 21.2 Å². The number of nitrogens with one attached hydrogen (secondary N) is 2. The summed E-state index contributed by atoms with van der Waals surface area (Å²) in [7, 11) is -3.46. The van der Waals surface area contributed by atoms with Crippen molar-refractivity contribution in [2.24, 2.45) is 5.92 Å². The molecule has 0 aliphatic heterocycles. The van der Waals surface area contributed by atoms with Crippen LogP contribution in [0.1, 0.15) is 46.1 Å². The first-order valence-corrected chi connectivity index (χ1v) is 11.7. The van der Waals surface area contributed by atoms with Crippen molar-refractivity contribution in [3.05, 3.63) is 46.9 Å². The molecule has 1 aromatic carbocycles. The summed E-state index contributed by atoms with van der Waals surface area (Å²) in [4.78, 5) is 15.4. The third-order valence-electron chi connectivity index (χ3n) is 5.56. The Morgan fingerprint density at radius 2 is 1.94 bits per heavy atom. The zero-order valence-electron chi connectivity index (χ0n) is 17.7. The van der Waals surface area contributed by atoms with Gasteiger partial charge in [-0.3, -0.25) is 4.79 Å². The number of hydrogen-bond donors (Lipinski definition) is 2. The molecule has 9 heteroatoms. The van der Waals surface area contributed by atoms with Gasteiger partial charge in [-0.15, -0.1) is 0 Å². The SMILES string of the molecule is CC(C)(C)S(=O)(=O)c1ccc(Nc2nn(C(C#N)CC3CC3)c3cc[nH]c(=O)c23)cc1. The van der Waals surface area contributed by atoms with Gasteiger partial charge in [-0.2, -0.15) is 10.4 Å². The summed E-state index contributed by atoms with van der Waals surface area (Å²) in [6.07, 6.45) is 4.49. The van der Waals surface area contributed by atoms with Gasteiger partial charge in [0, 0.05) is 11.9 Å². The molecule has 8 nitrogen and oxygen atoms in total. The number of hydrogen-bond acceptors (Lipinski definition) is 6. The van der Waals surface area contributed by atoms with E-state index in [1.54, 1.807) is 49.8 Å². The smallest absolute Gasteiger partial charge is 0.261 e.